The monoisotopic (exact) mass is 304 g/mol. The summed E-state index contributed by atoms with van der Waals surface area (Å²) in [5, 5.41) is 0.873. The van der Waals surface area contributed by atoms with Gasteiger partial charge in [0.05, 0.1) is 18.5 Å². The van der Waals surface area contributed by atoms with E-state index in [4.69, 9.17) is 4.98 Å². The van der Waals surface area contributed by atoms with E-state index >= 15 is 0 Å². The van der Waals surface area contributed by atoms with Gasteiger partial charge in [-0.3, -0.25) is 4.79 Å². The second kappa shape index (κ2) is 5.21. The van der Waals surface area contributed by atoms with Crippen molar-refractivity contribution in [2.24, 2.45) is 5.92 Å². The van der Waals surface area contributed by atoms with Crippen LogP contribution in [0.1, 0.15) is 42.5 Å². The Balaban J connectivity index is 1.66. The minimum absolute atomic E-state index is 0.0823. The Labute approximate surface area is 128 Å². The molecular formula is C16H22N3OS+. The Hall–Kier alpha value is -1.20. The maximum atomic E-state index is 12.4. The first kappa shape index (κ1) is 13.5. The van der Waals surface area contributed by atoms with Crippen molar-refractivity contribution >= 4 is 21.6 Å². The fourth-order valence-corrected chi connectivity index (χ4v) is 5.21. The standard InChI is InChI=1S/C16H21N3OS/c1-10-4-3-7-19(8-10)9-13-17-15(20)14-11-5-2-6-12(11)21-16(14)18-13/h10H,2-9H2,1H3,(H,17,18,20)/p+1/t10-/m1/s1. The molecule has 1 saturated heterocycles. The number of fused-ring (bicyclic) bond motifs is 3. The van der Waals surface area contributed by atoms with Crippen molar-refractivity contribution in [3.63, 3.8) is 0 Å². The Bertz CT molecular complexity index is 733. The molecule has 0 bridgehead atoms. The summed E-state index contributed by atoms with van der Waals surface area (Å²) < 4.78 is 0. The summed E-state index contributed by atoms with van der Waals surface area (Å²) in [5.41, 5.74) is 1.35. The molecule has 2 N–H and O–H groups in total. The maximum Gasteiger partial charge on any atom is 0.260 e. The van der Waals surface area contributed by atoms with Crippen LogP contribution >= 0.6 is 11.3 Å². The third-order valence-corrected chi connectivity index (χ3v) is 6.09. The van der Waals surface area contributed by atoms with Crippen molar-refractivity contribution < 1.29 is 4.90 Å². The van der Waals surface area contributed by atoms with Crippen molar-refractivity contribution in [3.8, 4) is 0 Å². The number of hydrogen-bond donors (Lipinski definition) is 2. The number of quaternary nitrogens is 1. The zero-order chi connectivity index (χ0) is 14.4. The van der Waals surface area contributed by atoms with Gasteiger partial charge in [-0.1, -0.05) is 6.92 Å². The number of H-pyrrole nitrogens is 1. The van der Waals surface area contributed by atoms with Crippen molar-refractivity contribution in [2.75, 3.05) is 13.1 Å². The van der Waals surface area contributed by atoms with Crippen LogP contribution in [0.2, 0.25) is 0 Å². The van der Waals surface area contributed by atoms with Gasteiger partial charge in [0.2, 0.25) is 0 Å². The molecule has 0 spiro atoms. The molecule has 4 rings (SSSR count). The van der Waals surface area contributed by atoms with Crippen molar-refractivity contribution in [1.82, 2.24) is 9.97 Å². The zero-order valence-corrected chi connectivity index (χ0v) is 13.3. The van der Waals surface area contributed by atoms with Gasteiger partial charge >= 0.3 is 0 Å². The number of nitrogens with zero attached hydrogens (tertiary/aromatic N) is 1. The molecule has 1 aliphatic heterocycles. The number of aromatic nitrogens is 2. The molecular weight excluding hydrogens is 282 g/mol. The van der Waals surface area contributed by atoms with Gasteiger partial charge in [-0.25, -0.2) is 4.98 Å². The smallest absolute Gasteiger partial charge is 0.260 e. The van der Waals surface area contributed by atoms with E-state index in [1.165, 1.54) is 42.8 Å². The maximum absolute atomic E-state index is 12.4. The summed E-state index contributed by atoms with van der Waals surface area (Å²) in [5.74, 6) is 1.66. The molecule has 1 aliphatic carbocycles. The number of thiophene rings is 1. The number of nitrogens with one attached hydrogen (secondary N) is 2. The summed E-state index contributed by atoms with van der Waals surface area (Å²) in [4.78, 5) is 24.1. The number of hydrogen-bond acceptors (Lipinski definition) is 3. The first-order valence-corrected chi connectivity index (χ1v) is 8.89. The van der Waals surface area contributed by atoms with E-state index in [9.17, 15) is 4.79 Å². The van der Waals surface area contributed by atoms with Crippen LogP contribution in [0.25, 0.3) is 10.2 Å². The minimum Gasteiger partial charge on any atom is -0.328 e. The number of likely N-dealkylation sites (tertiary alicyclic amines) is 1. The molecule has 1 unspecified atom stereocenters. The second-order valence-corrected chi connectivity index (χ2v) is 7.76. The fourth-order valence-electron chi connectivity index (χ4n) is 3.93. The van der Waals surface area contributed by atoms with Crippen molar-refractivity contribution in [1.29, 1.82) is 0 Å². The van der Waals surface area contributed by atoms with E-state index < -0.39 is 0 Å². The summed E-state index contributed by atoms with van der Waals surface area (Å²) in [7, 11) is 0. The molecule has 5 heteroatoms. The van der Waals surface area contributed by atoms with Crippen molar-refractivity contribution in [2.45, 2.75) is 45.6 Å². The average molecular weight is 304 g/mol. The lowest BCUT2D eigenvalue weighted by molar-refractivity contribution is -0.922. The highest BCUT2D eigenvalue weighted by molar-refractivity contribution is 7.18. The van der Waals surface area contributed by atoms with Crippen LogP contribution in [-0.4, -0.2) is 23.1 Å². The second-order valence-electron chi connectivity index (χ2n) is 6.68. The van der Waals surface area contributed by atoms with Crippen LogP contribution in [0.4, 0.5) is 0 Å². The van der Waals surface area contributed by atoms with Crippen molar-refractivity contribution in [3.05, 3.63) is 26.6 Å². The highest BCUT2D eigenvalue weighted by atomic mass is 32.1. The Morgan fingerprint density at radius 2 is 2.29 bits per heavy atom. The van der Waals surface area contributed by atoms with Gasteiger partial charge in [-0.05, 0) is 37.7 Å². The van der Waals surface area contributed by atoms with Gasteiger partial charge in [0.1, 0.15) is 11.4 Å². The molecule has 2 aromatic rings. The molecule has 21 heavy (non-hydrogen) atoms. The van der Waals surface area contributed by atoms with E-state index in [1.807, 2.05) is 0 Å². The molecule has 0 aromatic carbocycles. The molecule has 2 aliphatic rings. The molecule has 0 saturated carbocycles. The minimum atomic E-state index is 0.0823. The topological polar surface area (TPSA) is 50.2 Å². The van der Waals surface area contributed by atoms with E-state index in [0.29, 0.717) is 0 Å². The van der Waals surface area contributed by atoms with Gasteiger partial charge in [0, 0.05) is 10.8 Å². The number of rotatable bonds is 2. The predicted octanol–water partition coefficient (Wildman–Crippen LogP) is 1.29. The van der Waals surface area contributed by atoms with Crippen LogP contribution in [0.15, 0.2) is 4.79 Å². The molecule has 2 atom stereocenters. The highest BCUT2D eigenvalue weighted by Gasteiger charge is 2.23. The molecule has 112 valence electrons. The Morgan fingerprint density at radius 1 is 1.38 bits per heavy atom. The van der Waals surface area contributed by atoms with Gasteiger partial charge in [0.25, 0.3) is 5.56 Å². The van der Waals surface area contributed by atoms with Crippen LogP contribution < -0.4 is 10.5 Å². The van der Waals surface area contributed by atoms with E-state index in [2.05, 4.69) is 11.9 Å². The Kier molecular flexibility index (Phi) is 3.34. The normalized spacial score (nSPS) is 25.4. The first-order valence-electron chi connectivity index (χ1n) is 8.07. The quantitative estimate of drug-likeness (QED) is 0.878. The first-order chi connectivity index (χ1) is 10.2. The van der Waals surface area contributed by atoms with Gasteiger partial charge in [-0.2, -0.15) is 0 Å². The highest BCUT2D eigenvalue weighted by Crippen LogP contribution is 2.34. The lowest BCUT2D eigenvalue weighted by Crippen LogP contribution is -3.12. The number of aryl methyl sites for hydroxylation is 2. The zero-order valence-electron chi connectivity index (χ0n) is 12.5. The number of aromatic amines is 1. The molecule has 0 amide bonds. The van der Waals surface area contributed by atoms with Gasteiger partial charge < -0.3 is 9.88 Å². The molecule has 4 nitrogen and oxygen atoms in total. The van der Waals surface area contributed by atoms with E-state index in [-0.39, 0.29) is 5.56 Å². The van der Waals surface area contributed by atoms with E-state index in [1.54, 1.807) is 16.2 Å². The largest absolute Gasteiger partial charge is 0.328 e. The summed E-state index contributed by atoms with van der Waals surface area (Å²) in [6.45, 7) is 5.58. The Morgan fingerprint density at radius 3 is 3.14 bits per heavy atom. The fraction of sp³-hybridized carbons (Fsp3) is 0.625. The van der Waals surface area contributed by atoms with Crippen LogP contribution in [0, 0.1) is 5.92 Å². The number of piperidine rings is 1. The molecule has 0 radical (unpaired) electrons. The molecule has 3 heterocycles. The summed E-state index contributed by atoms with van der Waals surface area (Å²) in [6, 6.07) is 0. The van der Waals surface area contributed by atoms with Crippen LogP contribution in [-0.2, 0) is 19.4 Å². The van der Waals surface area contributed by atoms with E-state index in [0.717, 1.165) is 41.3 Å². The third kappa shape index (κ3) is 2.42. The van der Waals surface area contributed by atoms with Crippen LogP contribution in [0.5, 0.6) is 0 Å². The average Bonchev–Trinajstić information content (AvgIpc) is 2.98. The summed E-state index contributed by atoms with van der Waals surface area (Å²) >= 11 is 1.74. The lowest BCUT2D eigenvalue weighted by Gasteiger charge is -2.27. The van der Waals surface area contributed by atoms with Gasteiger partial charge in [0.15, 0.2) is 5.82 Å². The third-order valence-electron chi connectivity index (χ3n) is 4.91. The lowest BCUT2D eigenvalue weighted by atomic mass is 10.0. The van der Waals surface area contributed by atoms with Crippen LogP contribution in [0.3, 0.4) is 0 Å². The SMILES string of the molecule is C[C@@H]1CCC[NH+](Cc2nc3sc4c(c3c(=O)[nH]2)CCC4)C1. The summed E-state index contributed by atoms with van der Waals surface area (Å²) in [6.07, 6.45) is 5.99. The van der Waals surface area contributed by atoms with Gasteiger partial charge in [-0.15, -0.1) is 11.3 Å². The molecule has 1 fully saturated rings. The molecule has 2 aromatic heterocycles. The predicted molar refractivity (Wildman–Crippen MR) is 85.1 cm³/mol.